The predicted octanol–water partition coefficient (Wildman–Crippen LogP) is 5.88. The standard InChI is InChI=1S/C19H27FN4O2S.C9H6O3/c1-5-7-10-22-18(21-4)14-8-9-17(16(20)11-14)24-19(26)23-13(3)27-12-15(25)6-2;1-5-2-3-6-7(4-5)9(11)12-8(6)10/h8-11,18,21H,5-7,12H2,1-4H3,(H,24,26);2-4H,1H3/b22-10-,23-13-;. The van der Waals surface area contributed by atoms with Gasteiger partial charge < -0.3 is 10.1 Å². The first kappa shape index (κ1) is 31.5. The van der Waals surface area contributed by atoms with Crippen LogP contribution in [0.25, 0.3) is 0 Å². The lowest BCUT2D eigenvalue weighted by Gasteiger charge is -2.13. The molecule has 1 aliphatic heterocycles. The van der Waals surface area contributed by atoms with Crippen LogP contribution in [-0.4, -0.2) is 47.8 Å². The van der Waals surface area contributed by atoms with Gasteiger partial charge in [0.25, 0.3) is 0 Å². The minimum absolute atomic E-state index is 0.0438. The summed E-state index contributed by atoms with van der Waals surface area (Å²) in [6.07, 6.45) is 3.76. The number of unbranched alkanes of at least 4 members (excludes halogenated alkanes) is 1. The number of aryl methyl sites for hydroxylation is 1. The Morgan fingerprint density at radius 2 is 1.82 bits per heavy atom. The monoisotopic (exact) mass is 556 g/mol. The number of esters is 2. The first-order chi connectivity index (χ1) is 18.6. The third kappa shape index (κ3) is 9.84. The molecule has 1 aliphatic rings. The van der Waals surface area contributed by atoms with Gasteiger partial charge in [0.15, 0.2) is 0 Å². The third-order valence-corrected chi connectivity index (χ3v) is 6.37. The van der Waals surface area contributed by atoms with E-state index in [9.17, 15) is 23.6 Å². The molecular formula is C28H33FN4O5S. The minimum atomic E-state index is -0.679. The average molecular weight is 557 g/mol. The molecule has 1 heterocycles. The molecule has 3 rings (SSSR count). The Morgan fingerprint density at radius 1 is 1.10 bits per heavy atom. The number of amides is 2. The number of hydrogen-bond donors (Lipinski definition) is 2. The van der Waals surface area contributed by atoms with Gasteiger partial charge in [-0.15, -0.1) is 11.8 Å². The Labute approximate surface area is 231 Å². The molecule has 9 nitrogen and oxygen atoms in total. The Kier molecular flexibility index (Phi) is 12.6. The number of carbonyl (C=O) groups is 4. The number of urea groups is 1. The van der Waals surface area contributed by atoms with E-state index in [1.165, 1.54) is 23.9 Å². The molecule has 1 atom stereocenters. The van der Waals surface area contributed by atoms with Crippen molar-refractivity contribution in [3.63, 3.8) is 0 Å². The van der Waals surface area contributed by atoms with Crippen LogP contribution in [0.1, 0.15) is 78.0 Å². The first-order valence-corrected chi connectivity index (χ1v) is 13.4. The molecule has 0 bridgehead atoms. The van der Waals surface area contributed by atoms with Gasteiger partial charge in [0.1, 0.15) is 17.8 Å². The summed E-state index contributed by atoms with van der Waals surface area (Å²) >= 11 is 1.19. The molecule has 0 saturated carbocycles. The number of cyclic esters (lactones) is 2. The topological polar surface area (TPSA) is 126 Å². The summed E-state index contributed by atoms with van der Waals surface area (Å²) in [6.45, 7) is 7.33. The van der Waals surface area contributed by atoms with Crippen LogP contribution >= 0.6 is 11.8 Å². The van der Waals surface area contributed by atoms with E-state index in [2.05, 4.69) is 32.3 Å². The highest BCUT2D eigenvalue weighted by atomic mass is 32.2. The maximum Gasteiger partial charge on any atom is 0.346 e. The molecule has 0 spiro atoms. The van der Waals surface area contributed by atoms with Gasteiger partial charge in [-0.05, 0) is 57.1 Å². The number of hydrogen-bond acceptors (Lipinski definition) is 8. The Balaban J connectivity index is 0.000000364. The first-order valence-electron chi connectivity index (χ1n) is 12.5. The van der Waals surface area contributed by atoms with Crippen LogP contribution in [0.15, 0.2) is 46.4 Å². The normalized spacial score (nSPS) is 13.4. The fraction of sp³-hybridized carbons (Fsp3) is 0.357. The van der Waals surface area contributed by atoms with Crippen molar-refractivity contribution in [3.05, 3.63) is 64.5 Å². The second-order valence-corrected chi connectivity index (χ2v) is 9.69. The summed E-state index contributed by atoms with van der Waals surface area (Å²) < 4.78 is 18.7. The summed E-state index contributed by atoms with van der Waals surface area (Å²) in [5.74, 6) is -1.30. The fourth-order valence-electron chi connectivity index (χ4n) is 3.24. The zero-order valence-corrected chi connectivity index (χ0v) is 23.5. The van der Waals surface area contributed by atoms with E-state index in [-0.39, 0.29) is 23.4 Å². The van der Waals surface area contributed by atoms with E-state index >= 15 is 0 Å². The molecule has 0 aliphatic carbocycles. The van der Waals surface area contributed by atoms with Crippen LogP contribution in [0.5, 0.6) is 0 Å². The third-order valence-electron chi connectivity index (χ3n) is 5.39. The smallest absolute Gasteiger partial charge is 0.346 e. The van der Waals surface area contributed by atoms with Gasteiger partial charge in [-0.25, -0.2) is 18.8 Å². The van der Waals surface area contributed by atoms with E-state index in [1.807, 2.05) is 13.1 Å². The number of anilines is 1. The molecule has 39 heavy (non-hydrogen) atoms. The molecule has 2 aromatic rings. The van der Waals surface area contributed by atoms with Crippen LogP contribution < -0.4 is 10.6 Å². The number of carbonyl (C=O) groups excluding carboxylic acids is 4. The van der Waals surface area contributed by atoms with Crippen LogP contribution in [0, 0.1) is 12.7 Å². The van der Waals surface area contributed by atoms with Gasteiger partial charge in [0.05, 0.1) is 27.6 Å². The molecule has 2 amide bonds. The second-order valence-electron chi connectivity index (χ2n) is 8.52. The number of fused-ring (bicyclic) bond motifs is 1. The van der Waals surface area contributed by atoms with Gasteiger partial charge in [-0.3, -0.25) is 15.1 Å². The molecule has 0 radical (unpaired) electrons. The van der Waals surface area contributed by atoms with Gasteiger partial charge in [-0.1, -0.05) is 38.0 Å². The van der Waals surface area contributed by atoms with E-state index in [1.54, 1.807) is 45.2 Å². The van der Waals surface area contributed by atoms with Crippen molar-refractivity contribution < 1.29 is 28.3 Å². The number of halogens is 1. The summed E-state index contributed by atoms with van der Waals surface area (Å²) in [6, 6.07) is 8.89. The van der Waals surface area contributed by atoms with Crippen molar-refractivity contribution in [2.75, 3.05) is 18.1 Å². The van der Waals surface area contributed by atoms with Gasteiger partial charge in [0, 0.05) is 12.6 Å². The quantitative estimate of drug-likeness (QED) is 0.171. The number of aliphatic imine (C=N–C) groups is 2. The average Bonchev–Trinajstić information content (AvgIpc) is 3.19. The number of Topliss-reactive ketones (excluding diaryl/α,β-unsaturated/α-hetero) is 1. The van der Waals surface area contributed by atoms with E-state index in [4.69, 9.17) is 0 Å². The maximum absolute atomic E-state index is 14.3. The highest BCUT2D eigenvalue weighted by Crippen LogP contribution is 2.22. The number of rotatable bonds is 9. The molecule has 0 aromatic heterocycles. The molecule has 11 heteroatoms. The highest BCUT2D eigenvalue weighted by Gasteiger charge is 2.29. The van der Waals surface area contributed by atoms with Gasteiger partial charge in [-0.2, -0.15) is 4.99 Å². The molecule has 0 fully saturated rings. The largest absolute Gasteiger partial charge is 0.386 e. The molecule has 2 aromatic carbocycles. The van der Waals surface area contributed by atoms with Crippen LogP contribution in [0.4, 0.5) is 14.9 Å². The zero-order valence-electron chi connectivity index (χ0n) is 22.7. The lowest BCUT2D eigenvalue weighted by molar-refractivity contribution is -0.116. The van der Waals surface area contributed by atoms with E-state index < -0.39 is 23.8 Å². The van der Waals surface area contributed by atoms with Gasteiger partial charge >= 0.3 is 18.0 Å². The van der Waals surface area contributed by atoms with Gasteiger partial charge in [0.2, 0.25) is 0 Å². The lowest BCUT2D eigenvalue weighted by Crippen LogP contribution is -2.15. The Morgan fingerprint density at radius 3 is 2.46 bits per heavy atom. The SMILES string of the molecule is CCC/C=N\C(NC)c1ccc(NC(=O)/N=C(/C)SCC(=O)CC)c(F)c1.Cc1ccc2c(c1)C(=O)OC2=O. The van der Waals surface area contributed by atoms with Crippen molar-refractivity contribution in [1.29, 1.82) is 0 Å². The van der Waals surface area contributed by atoms with Crippen molar-refractivity contribution >= 4 is 52.5 Å². The number of nitrogens with one attached hydrogen (secondary N) is 2. The van der Waals surface area contributed by atoms with E-state index in [0.29, 0.717) is 28.2 Å². The molecular weight excluding hydrogens is 523 g/mol. The van der Waals surface area contributed by atoms with Crippen molar-refractivity contribution in [2.24, 2.45) is 9.98 Å². The predicted molar refractivity (Wildman–Crippen MR) is 152 cm³/mol. The Hall–Kier alpha value is -3.70. The molecule has 2 N–H and O–H groups in total. The Bertz CT molecular complexity index is 1280. The van der Waals surface area contributed by atoms with Crippen LogP contribution in [0.3, 0.4) is 0 Å². The lowest BCUT2D eigenvalue weighted by atomic mass is 10.1. The van der Waals surface area contributed by atoms with Crippen LogP contribution in [0.2, 0.25) is 0 Å². The molecule has 1 unspecified atom stereocenters. The summed E-state index contributed by atoms with van der Waals surface area (Å²) in [5.41, 5.74) is 2.39. The fourth-order valence-corrected chi connectivity index (χ4v) is 3.97. The van der Waals surface area contributed by atoms with Crippen molar-refractivity contribution in [3.8, 4) is 0 Å². The minimum Gasteiger partial charge on any atom is -0.386 e. The number of thioether (sulfide) groups is 1. The molecule has 0 saturated heterocycles. The maximum atomic E-state index is 14.3. The number of nitrogens with zero attached hydrogens (tertiary/aromatic N) is 2. The van der Waals surface area contributed by atoms with Crippen LogP contribution in [-0.2, 0) is 9.53 Å². The summed E-state index contributed by atoms with van der Waals surface area (Å²) in [4.78, 5) is 53.4. The zero-order chi connectivity index (χ0) is 28.9. The number of ether oxygens (including phenoxy) is 1. The summed E-state index contributed by atoms with van der Waals surface area (Å²) in [5, 5.41) is 5.89. The number of ketones is 1. The van der Waals surface area contributed by atoms with E-state index in [0.717, 1.165) is 18.4 Å². The molecule has 208 valence electrons. The second kappa shape index (κ2) is 15.6. The van der Waals surface area contributed by atoms with Crippen molar-refractivity contribution in [1.82, 2.24) is 5.32 Å². The summed E-state index contributed by atoms with van der Waals surface area (Å²) in [7, 11) is 1.75. The van der Waals surface area contributed by atoms with Crippen molar-refractivity contribution in [2.45, 2.75) is 53.1 Å². The highest BCUT2D eigenvalue weighted by molar-refractivity contribution is 8.14. The number of benzene rings is 2.